The van der Waals surface area contributed by atoms with Gasteiger partial charge < -0.3 is 15.4 Å². The number of nitrogens with one attached hydrogen (secondary N) is 2. The minimum atomic E-state index is -4.33. The Morgan fingerprint density at radius 2 is 1.73 bits per heavy atom. The van der Waals surface area contributed by atoms with E-state index < -0.39 is 11.7 Å². The molecular formula is C15H22F3N3O. The van der Waals surface area contributed by atoms with E-state index in [1.54, 1.807) is 7.05 Å². The molecule has 1 rings (SSSR count). The van der Waals surface area contributed by atoms with Gasteiger partial charge in [0.05, 0.1) is 12.1 Å². The van der Waals surface area contributed by atoms with Gasteiger partial charge >= 0.3 is 6.18 Å². The molecule has 0 radical (unpaired) electrons. The zero-order chi connectivity index (χ0) is 16.8. The molecule has 22 heavy (non-hydrogen) atoms. The van der Waals surface area contributed by atoms with Gasteiger partial charge in [-0.15, -0.1) is 0 Å². The predicted molar refractivity (Wildman–Crippen MR) is 81.2 cm³/mol. The molecule has 0 unspecified atom stereocenters. The molecule has 0 atom stereocenters. The van der Waals surface area contributed by atoms with Crippen molar-refractivity contribution >= 4 is 5.96 Å². The summed E-state index contributed by atoms with van der Waals surface area (Å²) >= 11 is 0. The Balaban J connectivity index is 2.38. The van der Waals surface area contributed by atoms with Gasteiger partial charge in [-0.1, -0.05) is 0 Å². The van der Waals surface area contributed by atoms with Crippen molar-refractivity contribution in [1.82, 2.24) is 10.6 Å². The maximum absolute atomic E-state index is 12.4. The van der Waals surface area contributed by atoms with Gasteiger partial charge in [-0.3, -0.25) is 4.99 Å². The Bertz CT molecular complexity index is 490. The monoisotopic (exact) mass is 317 g/mol. The van der Waals surface area contributed by atoms with E-state index in [-0.39, 0.29) is 5.54 Å². The summed E-state index contributed by atoms with van der Waals surface area (Å²) in [6.07, 6.45) is -4.33. The average Bonchev–Trinajstić information content (AvgIpc) is 2.40. The van der Waals surface area contributed by atoms with Gasteiger partial charge in [0.2, 0.25) is 0 Å². The van der Waals surface area contributed by atoms with Crippen molar-refractivity contribution < 1.29 is 17.9 Å². The minimum Gasteiger partial charge on any atom is -0.492 e. The number of halogens is 3. The maximum Gasteiger partial charge on any atom is 0.416 e. The molecule has 0 saturated carbocycles. The second-order valence-electron chi connectivity index (χ2n) is 5.74. The second-order valence-corrected chi connectivity index (χ2v) is 5.74. The molecule has 1 aromatic rings. The van der Waals surface area contributed by atoms with Crippen LogP contribution in [0.2, 0.25) is 0 Å². The summed E-state index contributed by atoms with van der Waals surface area (Å²) in [4.78, 5) is 4.07. The summed E-state index contributed by atoms with van der Waals surface area (Å²) in [6, 6.07) is 4.63. The van der Waals surface area contributed by atoms with Crippen LogP contribution in [0.15, 0.2) is 29.3 Å². The van der Waals surface area contributed by atoms with E-state index in [1.807, 2.05) is 20.8 Å². The normalized spacial score (nSPS) is 13.0. The first-order valence-electron chi connectivity index (χ1n) is 6.91. The van der Waals surface area contributed by atoms with Crippen molar-refractivity contribution in [3.8, 4) is 5.75 Å². The summed E-state index contributed by atoms with van der Waals surface area (Å²) in [6.45, 7) is 6.84. The van der Waals surface area contributed by atoms with Crippen molar-refractivity contribution in [2.45, 2.75) is 32.5 Å². The summed E-state index contributed by atoms with van der Waals surface area (Å²) in [5, 5.41) is 6.25. The molecule has 4 nitrogen and oxygen atoms in total. The van der Waals surface area contributed by atoms with Crippen LogP contribution in [0.25, 0.3) is 0 Å². The number of nitrogens with zero attached hydrogens (tertiary/aromatic N) is 1. The van der Waals surface area contributed by atoms with Gasteiger partial charge in [-0.2, -0.15) is 13.2 Å². The third kappa shape index (κ3) is 6.69. The molecule has 0 aromatic heterocycles. The number of hydrogen-bond acceptors (Lipinski definition) is 2. The lowest BCUT2D eigenvalue weighted by molar-refractivity contribution is -0.137. The van der Waals surface area contributed by atoms with Crippen LogP contribution in [-0.2, 0) is 6.18 Å². The average molecular weight is 317 g/mol. The molecule has 0 aliphatic rings. The SMILES string of the molecule is CN=C(NCCOc1ccc(C(F)(F)F)cc1)NC(C)(C)C. The molecule has 124 valence electrons. The van der Waals surface area contributed by atoms with Gasteiger partial charge in [0.1, 0.15) is 12.4 Å². The van der Waals surface area contributed by atoms with Crippen molar-refractivity contribution in [3.05, 3.63) is 29.8 Å². The van der Waals surface area contributed by atoms with Crippen LogP contribution in [0.3, 0.4) is 0 Å². The van der Waals surface area contributed by atoms with Crippen LogP contribution >= 0.6 is 0 Å². The Morgan fingerprint density at radius 3 is 2.18 bits per heavy atom. The Labute approximate surface area is 128 Å². The van der Waals surface area contributed by atoms with E-state index in [4.69, 9.17) is 4.74 Å². The molecule has 1 aromatic carbocycles. The lowest BCUT2D eigenvalue weighted by atomic mass is 10.1. The molecule has 0 heterocycles. The third-order valence-corrected chi connectivity index (χ3v) is 2.56. The summed E-state index contributed by atoms with van der Waals surface area (Å²) in [5.41, 5.74) is -0.802. The minimum absolute atomic E-state index is 0.115. The van der Waals surface area contributed by atoms with Gasteiger partial charge in [0, 0.05) is 12.6 Å². The topological polar surface area (TPSA) is 45.7 Å². The highest BCUT2D eigenvalue weighted by molar-refractivity contribution is 5.80. The van der Waals surface area contributed by atoms with Crippen LogP contribution in [-0.4, -0.2) is 31.7 Å². The van der Waals surface area contributed by atoms with Crippen LogP contribution in [0, 0.1) is 0 Å². The molecule has 0 spiro atoms. The number of ether oxygens (including phenoxy) is 1. The van der Waals surface area contributed by atoms with E-state index >= 15 is 0 Å². The number of rotatable bonds is 4. The fourth-order valence-corrected chi connectivity index (χ4v) is 1.61. The Morgan fingerprint density at radius 1 is 1.14 bits per heavy atom. The zero-order valence-corrected chi connectivity index (χ0v) is 13.2. The highest BCUT2D eigenvalue weighted by Crippen LogP contribution is 2.30. The summed E-state index contributed by atoms with van der Waals surface area (Å²) < 4.78 is 42.6. The predicted octanol–water partition coefficient (Wildman–Crippen LogP) is 3.05. The maximum atomic E-state index is 12.4. The van der Waals surface area contributed by atoms with E-state index in [2.05, 4.69) is 15.6 Å². The van der Waals surface area contributed by atoms with E-state index in [0.717, 1.165) is 12.1 Å². The van der Waals surface area contributed by atoms with Crippen molar-refractivity contribution in [3.63, 3.8) is 0 Å². The van der Waals surface area contributed by atoms with Gasteiger partial charge in [0.25, 0.3) is 0 Å². The molecule has 0 fully saturated rings. The molecule has 0 aliphatic heterocycles. The lowest BCUT2D eigenvalue weighted by Gasteiger charge is -2.23. The largest absolute Gasteiger partial charge is 0.492 e. The van der Waals surface area contributed by atoms with Crippen LogP contribution in [0.4, 0.5) is 13.2 Å². The fraction of sp³-hybridized carbons (Fsp3) is 0.533. The van der Waals surface area contributed by atoms with Crippen molar-refractivity contribution in [2.75, 3.05) is 20.2 Å². The number of benzene rings is 1. The number of hydrogen-bond donors (Lipinski definition) is 2. The van der Waals surface area contributed by atoms with E-state index in [1.165, 1.54) is 12.1 Å². The van der Waals surface area contributed by atoms with Crippen molar-refractivity contribution in [2.24, 2.45) is 4.99 Å². The van der Waals surface area contributed by atoms with Gasteiger partial charge in [0.15, 0.2) is 5.96 Å². The Hall–Kier alpha value is -1.92. The van der Waals surface area contributed by atoms with E-state index in [0.29, 0.717) is 24.9 Å². The smallest absolute Gasteiger partial charge is 0.416 e. The first-order valence-corrected chi connectivity index (χ1v) is 6.91. The standard InChI is InChI=1S/C15H22F3N3O/c1-14(2,3)21-13(19-4)20-9-10-22-12-7-5-11(6-8-12)15(16,17)18/h5-8H,9-10H2,1-4H3,(H2,19,20,21). The highest BCUT2D eigenvalue weighted by atomic mass is 19.4. The van der Waals surface area contributed by atoms with Crippen LogP contribution in [0.5, 0.6) is 5.75 Å². The highest BCUT2D eigenvalue weighted by Gasteiger charge is 2.29. The van der Waals surface area contributed by atoms with Gasteiger partial charge in [-0.25, -0.2) is 0 Å². The zero-order valence-electron chi connectivity index (χ0n) is 13.2. The van der Waals surface area contributed by atoms with E-state index in [9.17, 15) is 13.2 Å². The lowest BCUT2D eigenvalue weighted by Crippen LogP contribution is -2.48. The third-order valence-electron chi connectivity index (χ3n) is 2.56. The summed E-state index contributed by atoms with van der Waals surface area (Å²) in [5.74, 6) is 1.04. The number of guanidine groups is 1. The molecule has 0 saturated heterocycles. The molecule has 0 amide bonds. The molecule has 0 aliphatic carbocycles. The Kier molecular flexibility index (Phi) is 6.08. The molecule has 0 bridgehead atoms. The fourth-order valence-electron chi connectivity index (χ4n) is 1.61. The van der Waals surface area contributed by atoms with Gasteiger partial charge in [-0.05, 0) is 45.0 Å². The quantitative estimate of drug-likeness (QED) is 0.510. The molecular weight excluding hydrogens is 295 g/mol. The second kappa shape index (κ2) is 7.38. The summed E-state index contributed by atoms with van der Waals surface area (Å²) in [7, 11) is 1.66. The molecule has 7 heteroatoms. The van der Waals surface area contributed by atoms with Crippen LogP contribution in [0.1, 0.15) is 26.3 Å². The number of aliphatic imine (C=N–C) groups is 1. The molecule has 2 N–H and O–H groups in total. The van der Waals surface area contributed by atoms with Crippen molar-refractivity contribution in [1.29, 1.82) is 0 Å². The number of alkyl halides is 3. The first-order chi connectivity index (χ1) is 10.1. The first kappa shape index (κ1) is 18.1. The van der Waals surface area contributed by atoms with Crippen LogP contribution < -0.4 is 15.4 Å².